The van der Waals surface area contributed by atoms with Crippen LogP contribution in [0, 0.1) is 6.92 Å². The van der Waals surface area contributed by atoms with Gasteiger partial charge in [-0.2, -0.15) is 0 Å². The van der Waals surface area contributed by atoms with E-state index >= 15 is 0 Å². The number of rotatable bonds is 3. The van der Waals surface area contributed by atoms with Crippen molar-refractivity contribution in [3.05, 3.63) is 76.8 Å². The molecule has 2 heterocycles. The van der Waals surface area contributed by atoms with Crippen molar-refractivity contribution in [2.75, 3.05) is 0 Å². The Labute approximate surface area is 137 Å². The van der Waals surface area contributed by atoms with Gasteiger partial charge in [-0.25, -0.2) is 9.67 Å². The van der Waals surface area contributed by atoms with Crippen LogP contribution < -0.4 is 0 Å². The lowest BCUT2D eigenvalue weighted by atomic mass is 9.98. The van der Waals surface area contributed by atoms with Gasteiger partial charge >= 0.3 is 0 Å². The first-order valence-electron chi connectivity index (χ1n) is 7.28. The van der Waals surface area contributed by atoms with Crippen LogP contribution in [0.1, 0.15) is 23.0 Å². The molecule has 4 rings (SSSR count). The lowest BCUT2D eigenvalue weighted by Gasteiger charge is -2.18. The number of nitrogens with zero attached hydrogens (tertiary/aromatic N) is 4. The van der Waals surface area contributed by atoms with Crippen LogP contribution in [0.2, 0.25) is 5.02 Å². The fourth-order valence-corrected chi connectivity index (χ4v) is 3.05. The van der Waals surface area contributed by atoms with Crippen molar-refractivity contribution >= 4 is 22.6 Å². The van der Waals surface area contributed by atoms with Crippen LogP contribution in [0.25, 0.3) is 11.0 Å². The van der Waals surface area contributed by atoms with Gasteiger partial charge in [-0.05, 0) is 42.3 Å². The Hall–Kier alpha value is -2.66. The summed E-state index contributed by atoms with van der Waals surface area (Å²) in [6.07, 6.45) is 3.53. The number of hydrogen-bond acceptors (Lipinski definition) is 3. The van der Waals surface area contributed by atoms with E-state index in [1.54, 1.807) is 6.20 Å². The zero-order chi connectivity index (χ0) is 15.8. The normalized spacial score (nSPS) is 12.6. The van der Waals surface area contributed by atoms with Crippen LogP contribution in [-0.2, 0) is 0 Å². The Morgan fingerprint density at radius 1 is 1.13 bits per heavy atom. The zero-order valence-electron chi connectivity index (χ0n) is 12.4. The van der Waals surface area contributed by atoms with Crippen molar-refractivity contribution in [1.82, 2.24) is 25.0 Å². The molecule has 4 aromatic rings. The average Bonchev–Trinajstić information content (AvgIpc) is 3.16. The summed E-state index contributed by atoms with van der Waals surface area (Å²) in [6, 6.07) is 13.9. The monoisotopic (exact) mass is 323 g/mol. The minimum atomic E-state index is -0.0994. The van der Waals surface area contributed by atoms with Crippen molar-refractivity contribution in [3.63, 3.8) is 0 Å². The molecule has 0 saturated carbocycles. The van der Waals surface area contributed by atoms with E-state index in [9.17, 15) is 0 Å². The second-order valence-corrected chi connectivity index (χ2v) is 5.88. The van der Waals surface area contributed by atoms with E-state index in [2.05, 4.69) is 32.4 Å². The first kappa shape index (κ1) is 14.0. The van der Waals surface area contributed by atoms with Crippen molar-refractivity contribution < 1.29 is 0 Å². The molecule has 2 aromatic heterocycles. The third-order valence-electron chi connectivity index (χ3n) is 3.81. The summed E-state index contributed by atoms with van der Waals surface area (Å²) < 4.78 is 1.83. The van der Waals surface area contributed by atoms with Gasteiger partial charge in [-0.15, -0.1) is 5.10 Å². The molecular weight excluding hydrogens is 310 g/mol. The molecule has 23 heavy (non-hydrogen) atoms. The van der Waals surface area contributed by atoms with Crippen LogP contribution in [0.5, 0.6) is 0 Å². The predicted octanol–water partition coefficient (Wildman–Crippen LogP) is 3.75. The van der Waals surface area contributed by atoms with E-state index in [0.29, 0.717) is 5.02 Å². The molecular formula is C17H14ClN5. The molecule has 0 fully saturated rings. The van der Waals surface area contributed by atoms with Gasteiger partial charge in [0.2, 0.25) is 0 Å². The summed E-state index contributed by atoms with van der Waals surface area (Å²) >= 11 is 6.17. The van der Waals surface area contributed by atoms with Gasteiger partial charge < -0.3 is 4.98 Å². The second-order valence-electron chi connectivity index (χ2n) is 5.44. The summed E-state index contributed by atoms with van der Waals surface area (Å²) in [6.45, 7) is 1.95. The van der Waals surface area contributed by atoms with Crippen LogP contribution in [0.4, 0.5) is 0 Å². The fraction of sp³-hybridized carbons (Fsp3) is 0.118. The molecule has 0 aliphatic rings. The third-order valence-corrected chi connectivity index (χ3v) is 4.05. The third kappa shape index (κ3) is 2.59. The second kappa shape index (κ2) is 5.52. The van der Waals surface area contributed by atoms with E-state index in [-0.39, 0.29) is 6.04 Å². The summed E-state index contributed by atoms with van der Waals surface area (Å²) in [4.78, 5) is 7.76. The maximum atomic E-state index is 6.17. The highest BCUT2D eigenvalue weighted by Crippen LogP contribution is 2.29. The average molecular weight is 324 g/mol. The Bertz CT molecular complexity index is 958. The highest BCUT2D eigenvalue weighted by Gasteiger charge is 2.18. The number of aryl methyl sites for hydroxylation is 1. The fourth-order valence-electron chi connectivity index (χ4n) is 2.85. The first-order valence-corrected chi connectivity index (χ1v) is 7.66. The van der Waals surface area contributed by atoms with Crippen LogP contribution in [-0.4, -0.2) is 25.0 Å². The summed E-state index contributed by atoms with van der Waals surface area (Å²) in [5.41, 5.74) is 4.09. The van der Waals surface area contributed by atoms with Gasteiger partial charge in [0.1, 0.15) is 11.9 Å². The number of halogens is 1. The Kier molecular flexibility index (Phi) is 3.35. The van der Waals surface area contributed by atoms with Crippen molar-refractivity contribution in [2.45, 2.75) is 13.0 Å². The highest BCUT2D eigenvalue weighted by molar-refractivity contribution is 6.30. The van der Waals surface area contributed by atoms with Crippen LogP contribution >= 0.6 is 11.6 Å². The van der Waals surface area contributed by atoms with Crippen LogP contribution in [0.3, 0.4) is 0 Å². The van der Waals surface area contributed by atoms with Crippen molar-refractivity contribution in [2.24, 2.45) is 0 Å². The molecule has 0 amide bonds. The molecule has 0 saturated heterocycles. The molecule has 6 heteroatoms. The Morgan fingerprint density at radius 3 is 2.78 bits per heavy atom. The molecule has 0 aliphatic heterocycles. The van der Waals surface area contributed by atoms with E-state index < -0.39 is 0 Å². The lowest BCUT2D eigenvalue weighted by Crippen LogP contribution is -2.13. The molecule has 5 nitrogen and oxygen atoms in total. The minimum Gasteiger partial charge on any atom is -0.342 e. The molecule has 1 unspecified atom stereocenters. The number of H-pyrrole nitrogens is 1. The molecule has 1 atom stereocenters. The van der Waals surface area contributed by atoms with E-state index in [0.717, 1.165) is 28.0 Å². The van der Waals surface area contributed by atoms with Gasteiger partial charge in [0.25, 0.3) is 0 Å². The summed E-state index contributed by atoms with van der Waals surface area (Å²) in [5, 5.41) is 8.82. The standard InChI is InChI=1S/C17H14ClN5/c1-11-20-15-6-5-13(10-16(15)21-11)17(23-8-7-19-22-23)12-3-2-4-14(18)9-12/h2-10,17H,1H3,(H,20,21). The molecule has 0 bridgehead atoms. The number of fused-ring (bicyclic) bond motifs is 1. The first-order chi connectivity index (χ1) is 11.2. The quantitative estimate of drug-likeness (QED) is 0.624. The zero-order valence-corrected chi connectivity index (χ0v) is 13.2. The van der Waals surface area contributed by atoms with E-state index in [1.807, 2.05) is 48.1 Å². The highest BCUT2D eigenvalue weighted by atomic mass is 35.5. The molecule has 0 aliphatic carbocycles. The summed E-state index contributed by atoms with van der Waals surface area (Å²) in [7, 11) is 0. The van der Waals surface area contributed by atoms with Gasteiger partial charge in [0, 0.05) is 11.2 Å². The van der Waals surface area contributed by atoms with Crippen molar-refractivity contribution in [3.8, 4) is 0 Å². The minimum absolute atomic E-state index is 0.0994. The smallest absolute Gasteiger partial charge is 0.104 e. The maximum Gasteiger partial charge on any atom is 0.104 e. The predicted molar refractivity (Wildman–Crippen MR) is 89.5 cm³/mol. The number of nitrogens with one attached hydrogen (secondary N) is 1. The van der Waals surface area contributed by atoms with Gasteiger partial charge in [0.05, 0.1) is 17.2 Å². The number of imidazole rings is 1. The van der Waals surface area contributed by atoms with Gasteiger partial charge in [-0.3, -0.25) is 0 Å². The number of aromatic amines is 1. The van der Waals surface area contributed by atoms with E-state index in [4.69, 9.17) is 11.6 Å². The Morgan fingerprint density at radius 2 is 2.00 bits per heavy atom. The van der Waals surface area contributed by atoms with Gasteiger partial charge in [-0.1, -0.05) is 35.0 Å². The summed E-state index contributed by atoms with van der Waals surface area (Å²) in [5.74, 6) is 0.900. The largest absolute Gasteiger partial charge is 0.342 e. The molecule has 114 valence electrons. The molecule has 1 N–H and O–H groups in total. The molecule has 0 spiro atoms. The lowest BCUT2D eigenvalue weighted by molar-refractivity contribution is 0.571. The Balaban J connectivity index is 1.89. The number of benzene rings is 2. The maximum absolute atomic E-state index is 6.17. The number of hydrogen-bond donors (Lipinski definition) is 1. The molecule has 2 aromatic carbocycles. The molecule has 0 radical (unpaired) electrons. The SMILES string of the molecule is Cc1nc2cc(C(c3cccc(Cl)c3)n3ccnn3)ccc2[nH]1. The number of aromatic nitrogens is 5. The topological polar surface area (TPSA) is 59.4 Å². The van der Waals surface area contributed by atoms with E-state index in [1.165, 1.54) is 0 Å². The van der Waals surface area contributed by atoms with Crippen molar-refractivity contribution in [1.29, 1.82) is 0 Å². The van der Waals surface area contributed by atoms with Crippen LogP contribution in [0.15, 0.2) is 54.9 Å². The van der Waals surface area contributed by atoms with Gasteiger partial charge in [0.15, 0.2) is 0 Å².